The van der Waals surface area contributed by atoms with Gasteiger partial charge in [-0.2, -0.15) is 4.68 Å². The number of rotatable bonds is 6. The monoisotopic (exact) mass is 407 g/mol. The SMILES string of the molecule is Cc1ccc(-n2nnnc2SCC(=O)N(C)Cc2ccc(Cl)s2)cc1C. The molecule has 0 fully saturated rings. The van der Waals surface area contributed by atoms with E-state index in [1.54, 1.807) is 16.6 Å². The second-order valence-corrected chi connectivity index (χ2v) is 8.63. The van der Waals surface area contributed by atoms with Crippen LogP contribution >= 0.6 is 34.7 Å². The average Bonchev–Trinajstić information content (AvgIpc) is 3.24. The first-order valence-electron chi connectivity index (χ1n) is 7.91. The zero-order valence-corrected chi connectivity index (χ0v) is 17.0. The minimum absolute atomic E-state index is 0.00848. The van der Waals surface area contributed by atoms with E-state index in [-0.39, 0.29) is 11.7 Å². The van der Waals surface area contributed by atoms with Crippen LogP contribution in [0.15, 0.2) is 35.5 Å². The molecule has 0 aliphatic carbocycles. The van der Waals surface area contributed by atoms with Crippen LogP contribution in [-0.2, 0) is 11.3 Å². The van der Waals surface area contributed by atoms with Crippen LogP contribution in [0.1, 0.15) is 16.0 Å². The van der Waals surface area contributed by atoms with Crippen LogP contribution in [0.2, 0.25) is 4.34 Å². The number of hydrogen-bond acceptors (Lipinski definition) is 6. The van der Waals surface area contributed by atoms with Crippen molar-refractivity contribution in [2.45, 2.75) is 25.5 Å². The Kier molecular flexibility index (Phi) is 5.95. The van der Waals surface area contributed by atoms with Crippen LogP contribution in [0.3, 0.4) is 0 Å². The first-order valence-corrected chi connectivity index (χ1v) is 10.1. The van der Waals surface area contributed by atoms with E-state index in [9.17, 15) is 4.79 Å². The van der Waals surface area contributed by atoms with Crippen molar-refractivity contribution in [3.8, 4) is 5.69 Å². The Hall–Kier alpha value is -1.90. The lowest BCUT2D eigenvalue weighted by molar-refractivity contribution is -0.127. The van der Waals surface area contributed by atoms with Gasteiger partial charge in [-0.25, -0.2) is 0 Å². The fourth-order valence-electron chi connectivity index (χ4n) is 2.28. The van der Waals surface area contributed by atoms with Gasteiger partial charge in [0.2, 0.25) is 11.1 Å². The minimum Gasteiger partial charge on any atom is -0.340 e. The van der Waals surface area contributed by atoms with Gasteiger partial charge in [0, 0.05) is 11.9 Å². The molecule has 26 heavy (non-hydrogen) atoms. The first kappa shape index (κ1) is 18.9. The second kappa shape index (κ2) is 8.20. The van der Waals surface area contributed by atoms with Gasteiger partial charge in [-0.05, 0) is 59.7 Å². The quantitative estimate of drug-likeness (QED) is 0.582. The number of hydrogen-bond donors (Lipinski definition) is 0. The molecule has 136 valence electrons. The van der Waals surface area contributed by atoms with Gasteiger partial charge in [0.05, 0.1) is 22.3 Å². The Balaban J connectivity index is 1.64. The number of nitrogens with zero attached hydrogens (tertiary/aromatic N) is 5. The van der Waals surface area contributed by atoms with Gasteiger partial charge in [-0.1, -0.05) is 29.4 Å². The van der Waals surface area contributed by atoms with Crippen LogP contribution in [0.4, 0.5) is 0 Å². The maximum atomic E-state index is 12.4. The molecule has 2 heterocycles. The average molecular weight is 408 g/mol. The van der Waals surface area contributed by atoms with E-state index in [4.69, 9.17) is 11.6 Å². The highest BCUT2D eigenvalue weighted by molar-refractivity contribution is 7.99. The van der Waals surface area contributed by atoms with Gasteiger partial charge >= 0.3 is 0 Å². The first-order chi connectivity index (χ1) is 12.4. The van der Waals surface area contributed by atoms with E-state index in [0.29, 0.717) is 11.7 Å². The summed E-state index contributed by atoms with van der Waals surface area (Å²) in [5.74, 6) is 0.273. The lowest BCUT2D eigenvalue weighted by Gasteiger charge is -2.15. The molecule has 6 nitrogen and oxygen atoms in total. The zero-order chi connectivity index (χ0) is 18.7. The summed E-state index contributed by atoms with van der Waals surface area (Å²) in [5, 5.41) is 12.4. The molecule has 9 heteroatoms. The van der Waals surface area contributed by atoms with Crippen LogP contribution in [0.5, 0.6) is 0 Å². The number of halogens is 1. The van der Waals surface area contributed by atoms with Gasteiger partial charge in [0.1, 0.15) is 0 Å². The summed E-state index contributed by atoms with van der Waals surface area (Å²) in [5.41, 5.74) is 3.26. The molecule has 0 unspecified atom stereocenters. The van der Waals surface area contributed by atoms with Gasteiger partial charge in [0.15, 0.2) is 0 Å². The van der Waals surface area contributed by atoms with Crippen LogP contribution in [-0.4, -0.2) is 43.8 Å². The molecule has 0 radical (unpaired) electrons. The summed E-state index contributed by atoms with van der Waals surface area (Å²) < 4.78 is 2.38. The van der Waals surface area contributed by atoms with Crippen molar-refractivity contribution in [3.05, 3.63) is 50.7 Å². The number of carbonyl (C=O) groups is 1. The maximum absolute atomic E-state index is 12.4. The van der Waals surface area contributed by atoms with E-state index >= 15 is 0 Å². The smallest absolute Gasteiger partial charge is 0.233 e. The Morgan fingerprint density at radius 2 is 2.08 bits per heavy atom. The van der Waals surface area contributed by atoms with Gasteiger partial charge in [-0.15, -0.1) is 16.4 Å². The summed E-state index contributed by atoms with van der Waals surface area (Å²) in [6, 6.07) is 9.81. The molecule has 0 N–H and O–H groups in total. The lowest BCUT2D eigenvalue weighted by Crippen LogP contribution is -2.27. The lowest BCUT2D eigenvalue weighted by atomic mass is 10.1. The summed E-state index contributed by atoms with van der Waals surface area (Å²) in [4.78, 5) is 15.1. The molecule has 0 spiro atoms. The van der Waals surface area contributed by atoms with Gasteiger partial charge in [-0.3, -0.25) is 4.79 Å². The Bertz CT molecular complexity index is 924. The molecule has 0 saturated carbocycles. The number of amides is 1. The number of thiophene rings is 1. The van der Waals surface area contributed by atoms with Crippen molar-refractivity contribution in [2.24, 2.45) is 0 Å². The minimum atomic E-state index is 0.00848. The fourth-order valence-corrected chi connectivity index (χ4v) is 4.26. The molecule has 0 atom stereocenters. The molecule has 1 aromatic carbocycles. The second-order valence-electron chi connectivity index (χ2n) is 5.89. The predicted molar refractivity (Wildman–Crippen MR) is 105 cm³/mol. The van der Waals surface area contributed by atoms with Crippen LogP contribution in [0.25, 0.3) is 5.69 Å². The third-order valence-corrected chi connectivity index (χ3v) is 6.07. The van der Waals surface area contributed by atoms with Crippen molar-refractivity contribution < 1.29 is 4.79 Å². The highest BCUT2D eigenvalue weighted by Crippen LogP contribution is 2.23. The number of thioether (sulfide) groups is 1. The maximum Gasteiger partial charge on any atom is 0.233 e. The fraction of sp³-hybridized carbons (Fsp3) is 0.294. The van der Waals surface area contributed by atoms with E-state index in [0.717, 1.165) is 14.9 Å². The van der Waals surface area contributed by atoms with E-state index in [1.165, 1.54) is 34.2 Å². The van der Waals surface area contributed by atoms with Crippen LogP contribution < -0.4 is 0 Å². The highest BCUT2D eigenvalue weighted by Gasteiger charge is 2.15. The van der Waals surface area contributed by atoms with Crippen molar-refractivity contribution in [1.29, 1.82) is 0 Å². The summed E-state index contributed by atoms with van der Waals surface area (Å²) in [6.07, 6.45) is 0. The van der Waals surface area contributed by atoms with Crippen molar-refractivity contribution >= 4 is 40.6 Å². The van der Waals surface area contributed by atoms with E-state index in [2.05, 4.69) is 22.4 Å². The standard InChI is InChI=1S/C17H18ClN5OS2/c1-11-4-5-13(8-12(11)2)23-17(19-20-21-23)25-10-16(24)22(3)9-14-6-7-15(18)26-14/h4-8H,9-10H2,1-3H3. The third-order valence-electron chi connectivity index (χ3n) is 3.95. The van der Waals surface area contributed by atoms with E-state index < -0.39 is 0 Å². The van der Waals surface area contributed by atoms with Crippen molar-refractivity contribution in [3.63, 3.8) is 0 Å². The molecule has 0 aliphatic heterocycles. The molecule has 3 rings (SSSR count). The molecule has 3 aromatic rings. The summed E-state index contributed by atoms with van der Waals surface area (Å²) in [7, 11) is 1.78. The predicted octanol–water partition coefficient (Wildman–Crippen LogP) is 3.74. The molecular weight excluding hydrogens is 390 g/mol. The zero-order valence-electron chi connectivity index (χ0n) is 14.6. The molecule has 0 aliphatic rings. The topological polar surface area (TPSA) is 63.9 Å². The largest absolute Gasteiger partial charge is 0.340 e. The number of carbonyl (C=O) groups excluding carboxylic acids is 1. The normalized spacial score (nSPS) is 10.9. The number of aromatic nitrogens is 4. The van der Waals surface area contributed by atoms with Crippen molar-refractivity contribution in [1.82, 2.24) is 25.1 Å². The number of tetrazole rings is 1. The molecule has 2 aromatic heterocycles. The highest BCUT2D eigenvalue weighted by atomic mass is 35.5. The molecule has 0 bridgehead atoms. The van der Waals surface area contributed by atoms with Gasteiger partial charge < -0.3 is 4.90 Å². The summed E-state index contributed by atoms with van der Waals surface area (Å²) in [6.45, 7) is 4.65. The molecular formula is C17H18ClN5OS2. The number of benzene rings is 1. The van der Waals surface area contributed by atoms with Crippen molar-refractivity contribution in [2.75, 3.05) is 12.8 Å². The molecule has 0 saturated heterocycles. The Morgan fingerprint density at radius 1 is 1.27 bits per heavy atom. The molecule has 1 amide bonds. The number of aryl methyl sites for hydroxylation is 2. The third kappa shape index (κ3) is 4.44. The Morgan fingerprint density at radius 3 is 2.77 bits per heavy atom. The van der Waals surface area contributed by atoms with Crippen LogP contribution in [0, 0.1) is 13.8 Å². The summed E-state index contributed by atoms with van der Waals surface area (Å²) >= 11 is 8.74. The Labute approximate surface area is 165 Å². The van der Waals surface area contributed by atoms with Gasteiger partial charge in [0.25, 0.3) is 0 Å². The van der Waals surface area contributed by atoms with E-state index in [1.807, 2.05) is 37.3 Å².